The van der Waals surface area contributed by atoms with Gasteiger partial charge in [0.15, 0.2) is 0 Å². The first-order valence-corrected chi connectivity index (χ1v) is 11.1. The number of halogens is 2. The molecule has 0 aromatic heterocycles. The smallest absolute Gasteiger partial charge is 0.338 e. The van der Waals surface area contributed by atoms with E-state index in [1.807, 2.05) is 65.7 Å². The molecule has 3 aromatic carbocycles. The molecule has 164 valence electrons. The first-order valence-electron chi connectivity index (χ1n) is 10.4. The molecule has 1 aliphatic rings. The number of rotatable bonds is 5. The van der Waals surface area contributed by atoms with Crippen molar-refractivity contribution < 1.29 is 14.4 Å². The number of nitrogens with zero attached hydrogens (tertiary/aromatic N) is 1. The topological polar surface area (TPSA) is 38.8 Å². The lowest BCUT2D eigenvalue weighted by Gasteiger charge is -2.43. The molecule has 6 heteroatoms. The summed E-state index contributed by atoms with van der Waals surface area (Å²) in [6, 6.07) is 22.5. The van der Waals surface area contributed by atoms with Crippen LogP contribution in [-0.2, 0) is 9.57 Å². The summed E-state index contributed by atoms with van der Waals surface area (Å²) in [4.78, 5) is 18.2. The normalized spacial score (nSPS) is 18.5. The van der Waals surface area contributed by atoms with E-state index in [1.165, 1.54) is 0 Å². The van der Waals surface area contributed by atoms with Crippen molar-refractivity contribution in [2.24, 2.45) is 0 Å². The van der Waals surface area contributed by atoms with Crippen molar-refractivity contribution in [1.82, 2.24) is 0 Å². The molecule has 0 N–H and O–H groups in total. The monoisotopic (exact) mass is 467 g/mol. The van der Waals surface area contributed by atoms with Crippen LogP contribution >= 0.6 is 23.2 Å². The Kier molecular flexibility index (Phi) is 6.85. The van der Waals surface area contributed by atoms with Crippen LogP contribution in [0.5, 0.6) is 0 Å². The van der Waals surface area contributed by atoms with Gasteiger partial charge in [-0.1, -0.05) is 54.0 Å². The minimum absolute atomic E-state index is 0.0517. The van der Waals surface area contributed by atoms with E-state index in [9.17, 15) is 4.79 Å². The van der Waals surface area contributed by atoms with Crippen LogP contribution in [0.25, 0.3) is 0 Å². The van der Waals surface area contributed by atoms with E-state index in [2.05, 4.69) is 6.58 Å². The summed E-state index contributed by atoms with van der Waals surface area (Å²) in [7, 11) is 0. The molecule has 3 aromatic rings. The predicted molar refractivity (Wildman–Crippen MR) is 128 cm³/mol. The summed E-state index contributed by atoms with van der Waals surface area (Å²) >= 11 is 12.5. The molecule has 0 spiro atoms. The summed E-state index contributed by atoms with van der Waals surface area (Å²) < 4.78 is 5.09. The van der Waals surface area contributed by atoms with Crippen LogP contribution in [0, 0.1) is 0 Å². The van der Waals surface area contributed by atoms with Crippen molar-refractivity contribution in [1.29, 1.82) is 0 Å². The number of carbonyl (C=O) groups is 1. The number of anilines is 1. The van der Waals surface area contributed by atoms with Gasteiger partial charge in [-0.25, -0.2) is 9.86 Å². The lowest BCUT2D eigenvalue weighted by Crippen LogP contribution is -2.39. The Balaban J connectivity index is 1.77. The molecule has 0 saturated carbocycles. The molecular formula is C26H23Cl2NO3. The average molecular weight is 468 g/mol. The second-order valence-electron chi connectivity index (χ2n) is 7.55. The fourth-order valence-electron chi connectivity index (χ4n) is 3.98. The minimum atomic E-state index is -0.350. The Morgan fingerprint density at radius 3 is 2.41 bits per heavy atom. The van der Waals surface area contributed by atoms with Crippen LogP contribution in [0.3, 0.4) is 0 Å². The van der Waals surface area contributed by atoms with Gasteiger partial charge in [0.2, 0.25) is 0 Å². The fourth-order valence-corrected chi connectivity index (χ4v) is 4.31. The highest BCUT2D eigenvalue weighted by molar-refractivity contribution is 6.30. The number of esters is 1. The highest BCUT2D eigenvalue weighted by atomic mass is 35.5. The highest BCUT2D eigenvalue weighted by Crippen LogP contribution is 2.46. The number of hydroxylamine groups is 1. The van der Waals surface area contributed by atoms with E-state index in [4.69, 9.17) is 32.8 Å². The Bertz CT molecular complexity index is 1110. The molecule has 32 heavy (non-hydrogen) atoms. The number of hydrogen-bond donors (Lipinski definition) is 0. The van der Waals surface area contributed by atoms with E-state index in [-0.39, 0.29) is 17.9 Å². The molecule has 0 radical (unpaired) electrons. The summed E-state index contributed by atoms with van der Waals surface area (Å²) in [5, 5.41) is 3.19. The second-order valence-corrected chi connectivity index (χ2v) is 8.43. The number of carbonyl (C=O) groups excluding carboxylic acids is 1. The lowest BCUT2D eigenvalue weighted by atomic mass is 9.81. The first kappa shape index (κ1) is 22.4. The summed E-state index contributed by atoms with van der Waals surface area (Å²) in [6.45, 7) is 6.78. The number of ether oxygens (including phenoxy) is 1. The Hall–Kier alpha value is -2.79. The maximum Gasteiger partial charge on any atom is 0.338 e. The molecule has 4 nitrogen and oxygen atoms in total. The molecule has 0 amide bonds. The van der Waals surface area contributed by atoms with Gasteiger partial charge in [0.25, 0.3) is 0 Å². The zero-order chi connectivity index (χ0) is 22.7. The van der Waals surface area contributed by atoms with Crippen molar-refractivity contribution >= 4 is 34.9 Å². The maximum atomic E-state index is 12.1. The molecule has 1 saturated heterocycles. The zero-order valence-corrected chi connectivity index (χ0v) is 19.1. The molecule has 1 aliphatic heterocycles. The minimum Gasteiger partial charge on any atom is -0.462 e. The molecule has 4 rings (SSSR count). The average Bonchev–Trinajstić information content (AvgIpc) is 2.80. The Labute approximate surface area is 197 Å². The van der Waals surface area contributed by atoms with Crippen molar-refractivity contribution in [2.75, 3.05) is 18.3 Å². The van der Waals surface area contributed by atoms with E-state index < -0.39 is 0 Å². The van der Waals surface area contributed by atoms with Gasteiger partial charge >= 0.3 is 5.97 Å². The van der Waals surface area contributed by atoms with Gasteiger partial charge in [-0.15, -0.1) is 0 Å². The van der Waals surface area contributed by atoms with Gasteiger partial charge in [-0.05, 0) is 72.2 Å². The number of hydrogen-bond acceptors (Lipinski definition) is 4. The van der Waals surface area contributed by atoms with Gasteiger partial charge in [-0.3, -0.25) is 4.84 Å². The third-order valence-corrected chi connectivity index (χ3v) is 5.94. The first-order chi connectivity index (χ1) is 15.5. The molecule has 0 bridgehead atoms. The van der Waals surface area contributed by atoms with E-state index in [0.29, 0.717) is 28.8 Å². The lowest BCUT2D eigenvalue weighted by molar-refractivity contribution is 0.0525. The van der Waals surface area contributed by atoms with Crippen LogP contribution < -0.4 is 5.06 Å². The molecular weight excluding hydrogens is 445 g/mol. The van der Waals surface area contributed by atoms with Gasteiger partial charge in [0.1, 0.15) is 0 Å². The van der Waals surface area contributed by atoms with Crippen molar-refractivity contribution in [3.8, 4) is 0 Å². The second kappa shape index (κ2) is 9.78. The molecule has 0 unspecified atom stereocenters. The predicted octanol–water partition coefficient (Wildman–Crippen LogP) is 7.00. The van der Waals surface area contributed by atoms with Crippen molar-refractivity contribution in [3.05, 3.63) is 112 Å². The van der Waals surface area contributed by atoms with Gasteiger partial charge in [0, 0.05) is 16.0 Å². The van der Waals surface area contributed by atoms with Crippen molar-refractivity contribution in [2.45, 2.75) is 18.9 Å². The SMILES string of the molecule is C=C1CON(c2ccc(C(=O)OCC)cc2)[C@H](c2cccc(Cl)c2)[C@H]1c1ccc(Cl)cc1. The van der Waals surface area contributed by atoms with E-state index in [1.54, 1.807) is 19.1 Å². The third kappa shape index (κ3) is 4.68. The van der Waals surface area contributed by atoms with Gasteiger partial charge in [-0.2, -0.15) is 0 Å². The van der Waals surface area contributed by atoms with Crippen LogP contribution in [0.2, 0.25) is 10.0 Å². The highest BCUT2D eigenvalue weighted by Gasteiger charge is 2.37. The van der Waals surface area contributed by atoms with Crippen LogP contribution in [-0.4, -0.2) is 19.2 Å². The van der Waals surface area contributed by atoms with Crippen LogP contribution in [0.15, 0.2) is 84.9 Å². The molecule has 1 heterocycles. The van der Waals surface area contributed by atoms with Crippen molar-refractivity contribution in [3.63, 3.8) is 0 Å². The Morgan fingerprint density at radius 2 is 1.75 bits per heavy atom. The van der Waals surface area contributed by atoms with E-state index >= 15 is 0 Å². The zero-order valence-electron chi connectivity index (χ0n) is 17.6. The molecule has 2 atom stereocenters. The van der Waals surface area contributed by atoms with Gasteiger partial charge in [0.05, 0.1) is 30.5 Å². The molecule has 1 fully saturated rings. The fraction of sp³-hybridized carbons (Fsp3) is 0.192. The van der Waals surface area contributed by atoms with E-state index in [0.717, 1.165) is 22.4 Å². The standard InChI is InChI=1S/C26H23Cl2NO3/c1-3-31-26(30)19-9-13-23(14-10-19)29-25(20-5-4-6-22(28)15-20)24(17(2)16-32-29)18-7-11-21(27)12-8-18/h4-15,24-25H,2-3,16H2,1H3/t24-,25-/m1/s1. The van der Waals surface area contributed by atoms with Gasteiger partial charge < -0.3 is 4.74 Å². The largest absolute Gasteiger partial charge is 0.462 e. The third-order valence-electron chi connectivity index (χ3n) is 5.45. The summed E-state index contributed by atoms with van der Waals surface area (Å²) in [6.07, 6.45) is 0. The summed E-state index contributed by atoms with van der Waals surface area (Å²) in [5.41, 5.74) is 4.34. The molecule has 0 aliphatic carbocycles. The summed E-state index contributed by atoms with van der Waals surface area (Å²) in [5.74, 6) is -0.401. The van der Waals surface area contributed by atoms with Crippen LogP contribution in [0.1, 0.15) is 40.4 Å². The maximum absolute atomic E-state index is 12.1. The quantitative estimate of drug-likeness (QED) is 0.299. The Morgan fingerprint density at radius 1 is 1.03 bits per heavy atom. The number of benzene rings is 3. The van der Waals surface area contributed by atoms with Crippen LogP contribution in [0.4, 0.5) is 5.69 Å².